The average Bonchev–Trinajstić information content (AvgIpc) is 2.69. The standard InChI is InChI=1S/C20H19F2N3O3/c1-24(13-14-7-9-16(10-8-14)28-20(21)22)19(27)17-11-12-18(26)25(23-17)15-5-3-2-4-6-15/h2-10,20H,11-13H2,1H3. The molecule has 1 aliphatic heterocycles. The van der Waals surface area contributed by atoms with Crippen molar-refractivity contribution in [3.8, 4) is 5.75 Å². The molecule has 146 valence electrons. The number of ether oxygens (including phenoxy) is 1. The fourth-order valence-electron chi connectivity index (χ4n) is 2.82. The molecule has 0 saturated carbocycles. The molecule has 0 spiro atoms. The Labute approximate surface area is 161 Å². The van der Waals surface area contributed by atoms with E-state index in [-0.39, 0.29) is 37.0 Å². The van der Waals surface area contributed by atoms with Crippen LogP contribution in [0.2, 0.25) is 0 Å². The highest BCUT2D eigenvalue weighted by molar-refractivity contribution is 6.40. The highest BCUT2D eigenvalue weighted by Gasteiger charge is 2.27. The van der Waals surface area contributed by atoms with E-state index in [1.165, 1.54) is 22.0 Å². The maximum atomic E-state index is 12.7. The van der Waals surface area contributed by atoms with Gasteiger partial charge in [0.15, 0.2) is 0 Å². The molecular formula is C20H19F2N3O3. The third-order valence-electron chi connectivity index (χ3n) is 4.20. The van der Waals surface area contributed by atoms with Crippen LogP contribution in [0.4, 0.5) is 14.5 Å². The van der Waals surface area contributed by atoms with Gasteiger partial charge in [-0.05, 0) is 29.8 Å². The normalized spacial score (nSPS) is 14.1. The fourth-order valence-corrected chi connectivity index (χ4v) is 2.82. The van der Waals surface area contributed by atoms with E-state index in [1.54, 1.807) is 43.4 Å². The number of nitrogens with zero attached hydrogens (tertiary/aromatic N) is 3. The molecule has 1 heterocycles. The van der Waals surface area contributed by atoms with E-state index in [9.17, 15) is 18.4 Å². The van der Waals surface area contributed by atoms with Gasteiger partial charge in [-0.25, -0.2) is 5.01 Å². The van der Waals surface area contributed by atoms with Gasteiger partial charge >= 0.3 is 6.61 Å². The van der Waals surface area contributed by atoms with Crippen molar-refractivity contribution < 1.29 is 23.1 Å². The second-order valence-electron chi connectivity index (χ2n) is 6.27. The second-order valence-corrected chi connectivity index (χ2v) is 6.27. The number of carbonyl (C=O) groups excluding carboxylic acids is 2. The van der Waals surface area contributed by atoms with Crippen LogP contribution in [-0.4, -0.2) is 36.1 Å². The van der Waals surface area contributed by atoms with Crippen molar-refractivity contribution in [2.75, 3.05) is 12.1 Å². The lowest BCUT2D eigenvalue weighted by atomic mass is 10.1. The molecule has 0 radical (unpaired) electrons. The van der Waals surface area contributed by atoms with Gasteiger partial charge < -0.3 is 9.64 Å². The van der Waals surface area contributed by atoms with Gasteiger partial charge in [-0.2, -0.15) is 13.9 Å². The monoisotopic (exact) mass is 387 g/mol. The van der Waals surface area contributed by atoms with E-state index >= 15 is 0 Å². The van der Waals surface area contributed by atoms with E-state index in [1.807, 2.05) is 6.07 Å². The molecule has 8 heteroatoms. The number of alkyl halides is 2. The maximum Gasteiger partial charge on any atom is 0.387 e. The summed E-state index contributed by atoms with van der Waals surface area (Å²) < 4.78 is 28.7. The van der Waals surface area contributed by atoms with Crippen LogP contribution in [0, 0.1) is 0 Å². The molecule has 0 N–H and O–H groups in total. The summed E-state index contributed by atoms with van der Waals surface area (Å²) >= 11 is 0. The largest absolute Gasteiger partial charge is 0.435 e. The Kier molecular flexibility index (Phi) is 5.98. The number of amides is 2. The van der Waals surface area contributed by atoms with Crippen molar-refractivity contribution in [2.24, 2.45) is 5.10 Å². The smallest absolute Gasteiger partial charge is 0.387 e. The first-order valence-electron chi connectivity index (χ1n) is 8.69. The van der Waals surface area contributed by atoms with Crippen LogP contribution in [0.25, 0.3) is 0 Å². The van der Waals surface area contributed by atoms with Crippen molar-refractivity contribution in [1.82, 2.24) is 4.90 Å². The van der Waals surface area contributed by atoms with Gasteiger partial charge in [-0.3, -0.25) is 9.59 Å². The van der Waals surface area contributed by atoms with Crippen LogP contribution in [0.3, 0.4) is 0 Å². The SMILES string of the molecule is CN(Cc1ccc(OC(F)F)cc1)C(=O)C1=NN(c2ccccc2)C(=O)CC1. The van der Waals surface area contributed by atoms with Crippen molar-refractivity contribution in [3.63, 3.8) is 0 Å². The number of anilines is 1. The third-order valence-corrected chi connectivity index (χ3v) is 4.20. The Morgan fingerprint density at radius 1 is 1.14 bits per heavy atom. The molecule has 0 bridgehead atoms. The lowest BCUT2D eigenvalue weighted by molar-refractivity contribution is -0.123. The number of hydrogen-bond acceptors (Lipinski definition) is 4. The van der Waals surface area contributed by atoms with Gasteiger partial charge in [-0.15, -0.1) is 0 Å². The molecule has 2 amide bonds. The highest BCUT2D eigenvalue weighted by atomic mass is 19.3. The van der Waals surface area contributed by atoms with E-state index in [4.69, 9.17) is 0 Å². The number of halogens is 2. The Morgan fingerprint density at radius 3 is 2.46 bits per heavy atom. The zero-order valence-electron chi connectivity index (χ0n) is 15.2. The topological polar surface area (TPSA) is 62.2 Å². The number of benzene rings is 2. The van der Waals surface area contributed by atoms with Crippen LogP contribution < -0.4 is 9.75 Å². The Hall–Kier alpha value is -3.29. The van der Waals surface area contributed by atoms with Crippen LogP contribution >= 0.6 is 0 Å². The van der Waals surface area contributed by atoms with Gasteiger partial charge in [0, 0.05) is 26.4 Å². The molecule has 1 aliphatic rings. The second kappa shape index (κ2) is 8.60. The van der Waals surface area contributed by atoms with Crippen molar-refractivity contribution in [1.29, 1.82) is 0 Å². The summed E-state index contributed by atoms with van der Waals surface area (Å²) in [7, 11) is 1.62. The summed E-state index contributed by atoms with van der Waals surface area (Å²) in [4.78, 5) is 26.4. The van der Waals surface area contributed by atoms with E-state index < -0.39 is 6.61 Å². The number of para-hydroxylation sites is 1. The molecule has 28 heavy (non-hydrogen) atoms. The number of hydrazone groups is 1. The minimum absolute atomic E-state index is 0.0569. The molecule has 2 aromatic carbocycles. The maximum absolute atomic E-state index is 12.7. The zero-order valence-corrected chi connectivity index (χ0v) is 15.2. The Balaban J connectivity index is 1.69. The molecule has 0 aliphatic carbocycles. The molecule has 0 aromatic heterocycles. The highest BCUT2D eigenvalue weighted by Crippen LogP contribution is 2.21. The van der Waals surface area contributed by atoms with E-state index in [0.29, 0.717) is 11.4 Å². The van der Waals surface area contributed by atoms with E-state index in [2.05, 4.69) is 9.84 Å². The van der Waals surface area contributed by atoms with Crippen LogP contribution in [-0.2, 0) is 16.1 Å². The molecule has 0 unspecified atom stereocenters. The molecule has 3 rings (SSSR count). The molecule has 0 saturated heterocycles. The zero-order chi connectivity index (χ0) is 20.1. The summed E-state index contributed by atoms with van der Waals surface area (Å²) in [5.74, 6) is -0.400. The number of carbonyl (C=O) groups is 2. The third kappa shape index (κ3) is 4.70. The van der Waals surface area contributed by atoms with Gasteiger partial charge in [0.05, 0.1) is 5.69 Å². The summed E-state index contributed by atoms with van der Waals surface area (Å²) in [6.45, 7) is -2.61. The average molecular weight is 387 g/mol. The van der Waals surface area contributed by atoms with Crippen molar-refractivity contribution in [3.05, 3.63) is 60.2 Å². The lowest BCUT2D eigenvalue weighted by Gasteiger charge is -2.25. The van der Waals surface area contributed by atoms with Gasteiger partial charge in [-0.1, -0.05) is 30.3 Å². The Morgan fingerprint density at radius 2 is 1.82 bits per heavy atom. The van der Waals surface area contributed by atoms with Gasteiger partial charge in [0.25, 0.3) is 5.91 Å². The predicted molar refractivity (Wildman–Crippen MR) is 100 cm³/mol. The van der Waals surface area contributed by atoms with Crippen molar-refractivity contribution >= 4 is 23.2 Å². The van der Waals surface area contributed by atoms with E-state index in [0.717, 1.165) is 5.56 Å². The summed E-state index contributed by atoms with van der Waals surface area (Å²) in [6, 6.07) is 15.0. The van der Waals surface area contributed by atoms with Gasteiger partial charge in [0.1, 0.15) is 11.5 Å². The quantitative estimate of drug-likeness (QED) is 0.763. The lowest BCUT2D eigenvalue weighted by Crippen LogP contribution is -2.39. The van der Waals surface area contributed by atoms with Crippen molar-refractivity contribution in [2.45, 2.75) is 26.0 Å². The number of hydrogen-bond donors (Lipinski definition) is 0. The summed E-state index contributed by atoms with van der Waals surface area (Å²) in [5.41, 5.74) is 1.66. The Bertz CT molecular complexity index is 870. The van der Waals surface area contributed by atoms with Crippen LogP contribution in [0.5, 0.6) is 5.75 Å². The van der Waals surface area contributed by atoms with Crippen LogP contribution in [0.1, 0.15) is 18.4 Å². The molecule has 0 atom stereocenters. The summed E-state index contributed by atoms with van der Waals surface area (Å²) in [5, 5.41) is 5.50. The first kappa shape index (κ1) is 19.5. The molecule has 2 aromatic rings. The first-order chi connectivity index (χ1) is 13.4. The molecule has 0 fully saturated rings. The predicted octanol–water partition coefficient (Wildman–Crippen LogP) is 3.43. The summed E-state index contributed by atoms with van der Waals surface area (Å²) in [6.07, 6.45) is 0.472. The fraction of sp³-hybridized carbons (Fsp3) is 0.250. The van der Waals surface area contributed by atoms with Gasteiger partial charge in [0.2, 0.25) is 5.91 Å². The minimum atomic E-state index is -2.88. The van der Waals surface area contributed by atoms with Crippen LogP contribution in [0.15, 0.2) is 59.7 Å². The molecular weight excluding hydrogens is 368 g/mol. The number of rotatable bonds is 6. The minimum Gasteiger partial charge on any atom is -0.435 e. The molecule has 6 nitrogen and oxygen atoms in total. The first-order valence-corrected chi connectivity index (χ1v) is 8.69.